The van der Waals surface area contributed by atoms with E-state index in [-0.39, 0.29) is 0 Å². The highest BCUT2D eigenvalue weighted by atomic mass is 32.1. The molecule has 1 saturated heterocycles. The molecule has 22 heavy (non-hydrogen) atoms. The molecule has 2 aromatic heterocycles. The predicted molar refractivity (Wildman–Crippen MR) is 91.5 cm³/mol. The quantitative estimate of drug-likeness (QED) is 0.686. The van der Waals surface area contributed by atoms with Crippen LogP contribution in [0.4, 0.5) is 5.00 Å². The van der Waals surface area contributed by atoms with Crippen LogP contribution in [0.5, 0.6) is 0 Å². The first-order valence-corrected chi connectivity index (χ1v) is 8.36. The number of aryl methyl sites for hydroxylation is 1. The zero-order valence-corrected chi connectivity index (χ0v) is 13.9. The predicted octanol–water partition coefficient (Wildman–Crippen LogP) is 1.38. The standard InChI is InChI=1S/C15H22N6S/c1-16-15(18-12-13-17-5-6-19(13)2)21-9-7-20(8-10-21)14-4-3-11-22-14/h3-6,11H,7-10,12H2,1-2H3,(H,16,18). The van der Waals surface area contributed by atoms with Crippen molar-refractivity contribution in [2.45, 2.75) is 6.54 Å². The first kappa shape index (κ1) is 14.9. The Morgan fingerprint density at radius 1 is 1.36 bits per heavy atom. The van der Waals surface area contributed by atoms with Gasteiger partial charge in [-0.2, -0.15) is 0 Å². The Kier molecular flexibility index (Phi) is 4.62. The van der Waals surface area contributed by atoms with E-state index in [4.69, 9.17) is 0 Å². The second kappa shape index (κ2) is 6.83. The van der Waals surface area contributed by atoms with Crippen molar-refractivity contribution in [2.24, 2.45) is 12.0 Å². The van der Waals surface area contributed by atoms with E-state index in [2.05, 4.69) is 42.6 Å². The van der Waals surface area contributed by atoms with Crippen molar-refractivity contribution < 1.29 is 0 Å². The van der Waals surface area contributed by atoms with Crippen LogP contribution < -0.4 is 10.2 Å². The molecule has 0 radical (unpaired) electrons. The molecular weight excluding hydrogens is 296 g/mol. The highest BCUT2D eigenvalue weighted by Gasteiger charge is 2.20. The summed E-state index contributed by atoms with van der Waals surface area (Å²) in [5, 5.41) is 6.90. The van der Waals surface area contributed by atoms with Crippen LogP contribution in [0.25, 0.3) is 0 Å². The number of nitrogens with zero attached hydrogens (tertiary/aromatic N) is 5. The molecule has 3 rings (SSSR count). The number of hydrogen-bond acceptors (Lipinski definition) is 4. The van der Waals surface area contributed by atoms with Crippen LogP contribution in [-0.2, 0) is 13.6 Å². The topological polar surface area (TPSA) is 48.7 Å². The van der Waals surface area contributed by atoms with Gasteiger partial charge in [0.1, 0.15) is 5.82 Å². The van der Waals surface area contributed by atoms with Crippen molar-refractivity contribution in [3.8, 4) is 0 Å². The molecule has 0 aromatic carbocycles. The summed E-state index contributed by atoms with van der Waals surface area (Å²) in [6.07, 6.45) is 3.78. The third kappa shape index (κ3) is 3.24. The summed E-state index contributed by atoms with van der Waals surface area (Å²) in [7, 11) is 3.85. The van der Waals surface area contributed by atoms with E-state index in [1.807, 2.05) is 31.1 Å². The summed E-state index contributed by atoms with van der Waals surface area (Å²) in [6.45, 7) is 4.73. The van der Waals surface area contributed by atoms with Crippen molar-refractivity contribution in [3.63, 3.8) is 0 Å². The number of anilines is 1. The van der Waals surface area contributed by atoms with Gasteiger partial charge in [-0.15, -0.1) is 11.3 Å². The lowest BCUT2D eigenvalue weighted by atomic mass is 10.3. The van der Waals surface area contributed by atoms with Gasteiger partial charge in [-0.3, -0.25) is 4.99 Å². The summed E-state index contributed by atoms with van der Waals surface area (Å²) in [5.74, 6) is 1.97. The SMILES string of the molecule is CN=C(NCc1nccn1C)N1CCN(c2cccs2)CC1. The van der Waals surface area contributed by atoms with Crippen LogP contribution in [-0.4, -0.2) is 53.6 Å². The average molecular weight is 318 g/mol. The van der Waals surface area contributed by atoms with Crippen molar-refractivity contribution in [3.05, 3.63) is 35.7 Å². The third-order valence-corrected chi connectivity index (χ3v) is 4.86. The van der Waals surface area contributed by atoms with Gasteiger partial charge >= 0.3 is 0 Å². The third-order valence-electron chi connectivity index (χ3n) is 3.93. The maximum Gasteiger partial charge on any atom is 0.194 e. The molecule has 1 N–H and O–H groups in total. The Hall–Kier alpha value is -2.02. The Morgan fingerprint density at radius 2 is 2.18 bits per heavy atom. The molecule has 0 bridgehead atoms. The largest absolute Gasteiger partial charge is 0.360 e. The zero-order chi connectivity index (χ0) is 15.4. The summed E-state index contributed by atoms with van der Waals surface area (Å²) in [4.78, 5) is 13.5. The maximum atomic E-state index is 4.41. The van der Waals surface area contributed by atoms with Crippen LogP contribution in [0.1, 0.15) is 5.82 Å². The highest BCUT2D eigenvalue weighted by molar-refractivity contribution is 7.14. The number of nitrogens with one attached hydrogen (secondary N) is 1. The Morgan fingerprint density at radius 3 is 2.77 bits per heavy atom. The van der Waals surface area contributed by atoms with Gasteiger partial charge in [0.05, 0.1) is 11.5 Å². The summed E-state index contributed by atoms with van der Waals surface area (Å²) in [6, 6.07) is 4.30. The Bertz CT molecular complexity index is 610. The number of hydrogen-bond donors (Lipinski definition) is 1. The molecule has 6 nitrogen and oxygen atoms in total. The van der Waals surface area contributed by atoms with Gasteiger partial charge in [0.25, 0.3) is 0 Å². The highest BCUT2D eigenvalue weighted by Crippen LogP contribution is 2.22. The summed E-state index contributed by atoms with van der Waals surface area (Å²) >= 11 is 1.81. The molecule has 3 heterocycles. The zero-order valence-electron chi connectivity index (χ0n) is 13.1. The minimum Gasteiger partial charge on any atom is -0.360 e. The first-order valence-electron chi connectivity index (χ1n) is 7.48. The Labute approximate surface area is 135 Å². The van der Waals surface area contributed by atoms with Crippen molar-refractivity contribution in [2.75, 3.05) is 38.1 Å². The van der Waals surface area contributed by atoms with Crippen LogP contribution in [0, 0.1) is 0 Å². The summed E-state index contributed by atoms with van der Waals surface area (Å²) < 4.78 is 2.02. The Balaban J connectivity index is 1.53. The normalized spacial score (nSPS) is 16.2. The molecule has 7 heteroatoms. The fourth-order valence-corrected chi connectivity index (χ4v) is 3.43. The number of aromatic nitrogens is 2. The van der Waals surface area contributed by atoms with E-state index >= 15 is 0 Å². The second-order valence-electron chi connectivity index (χ2n) is 5.28. The second-order valence-corrected chi connectivity index (χ2v) is 6.21. The smallest absolute Gasteiger partial charge is 0.194 e. The molecule has 0 amide bonds. The molecule has 1 aliphatic rings. The van der Waals surface area contributed by atoms with Gasteiger partial charge in [0.2, 0.25) is 0 Å². The van der Waals surface area contributed by atoms with E-state index in [1.165, 1.54) is 5.00 Å². The van der Waals surface area contributed by atoms with Crippen LogP contribution in [0.2, 0.25) is 0 Å². The number of piperazine rings is 1. The van der Waals surface area contributed by atoms with Gasteiger partial charge in [-0.1, -0.05) is 0 Å². The minimum absolute atomic E-state index is 0.696. The fourth-order valence-electron chi connectivity index (χ4n) is 2.65. The van der Waals surface area contributed by atoms with Crippen molar-refractivity contribution in [1.29, 1.82) is 0 Å². The number of guanidine groups is 1. The van der Waals surface area contributed by atoms with Gasteiger partial charge < -0.3 is 19.7 Å². The van der Waals surface area contributed by atoms with E-state index in [0.29, 0.717) is 6.54 Å². The average Bonchev–Trinajstić information content (AvgIpc) is 3.21. The molecule has 1 fully saturated rings. The van der Waals surface area contributed by atoms with Crippen LogP contribution >= 0.6 is 11.3 Å². The molecule has 0 saturated carbocycles. The molecule has 1 aliphatic heterocycles. The van der Waals surface area contributed by atoms with Gasteiger partial charge in [-0.25, -0.2) is 4.98 Å². The molecule has 0 aliphatic carbocycles. The number of rotatable bonds is 3. The van der Waals surface area contributed by atoms with E-state index < -0.39 is 0 Å². The van der Waals surface area contributed by atoms with Crippen molar-refractivity contribution >= 4 is 22.3 Å². The maximum absolute atomic E-state index is 4.41. The molecule has 0 spiro atoms. The van der Waals surface area contributed by atoms with E-state index in [9.17, 15) is 0 Å². The minimum atomic E-state index is 0.696. The lowest BCUT2D eigenvalue weighted by molar-refractivity contribution is 0.372. The van der Waals surface area contributed by atoms with E-state index in [0.717, 1.165) is 38.0 Å². The van der Waals surface area contributed by atoms with Gasteiger partial charge in [0, 0.05) is 52.7 Å². The van der Waals surface area contributed by atoms with Gasteiger partial charge in [0.15, 0.2) is 5.96 Å². The lowest BCUT2D eigenvalue weighted by Gasteiger charge is -2.36. The number of thiophene rings is 1. The van der Waals surface area contributed by atoms with E-state index in [1.54, 1.807) is 11.3 Å². The molecule has 118 valence electrons. The van der Waals surface area contributed by atoms with Crippen LogP contribution in [0.15, 0.2) is 34.9 Å². The first-order chi connectivity index (χ1) is 10.8. The van der Waals surface area contributed by atoms with Crippen LogP contribution in [0.3, 0.4) is 0 Å². The summed E-state index contributed by atoms with van der Waals surface area (Å²) in [5.41, 5.74) is 0. The monoisotopic (exact) mass is 318 g/mol. The molecule has 2 aromatic rings. The van der Waals surface area contributed by atoms with Crippen molar-refractivity contribution in [1.82, 2.24) is 19.8 Å². The van der Waals surface area contributed by atoms with Gasteiger partial charge in [-0.05, 0) is 17.5 Å². The lowest BCUT2D eigenvalue weighted by Crippen LogP contribution is -2.52. The number of imidazole rings is 1. The fraction of sp³-hybridized carbons (Fsp3) is 0.467. The molecule has 0 unspecified atom stereocenters. The molecular formula is C15H22N6S. The molecule has 0 atom stereocenters. The number of aliphatic imine (C=N–C) groups is 1.